The zero-order valence-corrected chi connectivity index (χ0v) is 21.6. The van der Waals surface area contributed by atoms with Crippen LogP contribution >= 0.6 is 24.0 Å². The van der Waals surface area contributed by atoms with Crippen LogP contribution in [0, 0.1) is 5.92 Å². The number of halogens is 1. The number of benzene rings is 1. The molecule has 1 aromatic carbocycles. The Kier molecular flexibility index (Phi) is 12.2. The van der Waals surface area contributed by atoms with Crippen molar-refractivity contribution in [1.82, 2.24) is 15.5 Å². The van der Waals surface area contributed by atoms with Gasteiger partial charge in [-0.25, -0.2) is 4.99 Å². The maximum Gasteiger partial charge on any atom is 0.203 e. The molecule has 0 bridgehead atoms. The Morgan fingerprint density at radius 2 is 1.80 bits per heavy atom. The highest BCUT2D eigenvalue weighted by molar-refractivity contribution is 14.0. The first kappa shape index (κ1) is 26.6. The van der Waals surface area contributed by atoms with Crippen LogP contribution in [0.1, 0.15) is 39.2 Å². The van der Waals surface area contributed by atoms with Crippen molar-refractivity contribution in [1.29, 1.82) is 0 Å². The van der Waals surface area contributed by atoms with Gasteiger partial charge in [-0.05, 0) is 49.9 Å². The highest BCUT2D eigenvalue weighted by Crippen LogP contribution is 2.38. The highest BCUT2D eigenvalue weighted by atomic mass is 127. The SMILES string of the molecule is CCNC(=NCc1cc(OC)c(OC)c(OC)c1)NC[C@H]1CCCN1CC(C)C.I. The molecule has 1 aliphatic heterocycles. The number of ether oxygens (including phenoxy) is 3. The molecule has 1 aromatic rings. The number of nitrogens with one attached hydrogen (secondary N) is 2. The molecular formula is C22H39IN4O3. The van der Waals surface area contributed by atoms with Crippen molar-refractivity contribution < 1.29 is 14.2 Å². The molecule has 8 heteroatoms. The monoisotopic (exact) mass is 534 g/mol. The van der Waals surface area contributed by atoms with E-state index in [9.17, 15) is 0 Å². The quantitative estimate of drug-likeness (QED) is 0.272. The second kappa shape index (κ2) is 13.8. The maximum atomic E-state index is 5.44. The van der Waals surface area contributed by atoms with Gasteiger partial charge in [0, 0.05) is 25.7 Å². The summed E-state index contributed by atoms with van der Waals surface area (Å²) in [6, 6.07) is 4.45. The van der Waals surface area contributed by atoms with Crippen LogP contribution in [0.4, 0.5) is 0 Å². The van der Waals surface area contributed by atoms with E-state index in [-0.39, 0.29) is 24.0 Å². The number of hydrogen-bond donors (Lipinski definition) is 2. The van der Waals surface area contributed by atoms with Crippen LogP contribution in [0.3, 0.4) is 0 Å². The number of nitrogens with zero attached hydrogens (tertiary/aromatic N) is 2. The Hall–Kier alpha value is -1.42. The lowest BCUT2D eigenvalue weighted by Gasteiger charge is -2.27. The fourth-order valence-corrected chi connectivity index (χ4v) is 3.79. The molecule has 0 spiro atoms. The Bertz CT molecular complexity index is 645. The number of rotatable bonds is 10. The van der Waals surface area contributed by atoms with Gasteiger partial charge in [0.15, 0.2) is 17.5 Å². The third-order valence-corrected chi connectivity index (χ3v) is 5.09. The van der Waals surface area contributed by atoms with Crippen molar-refractivity contribution in [2.45, 2.75) is 46.2 Å². The normalized spacial score (nSPS) is 16.9. The van der Waals surface area contributed by atoms with Gasteiger partial charge in [-0.15, -0.1) is 24.0 Å². The molecule has 1 heterocycles. The van der Waals surface area contributed by atoms with Gasteiger partial charge in [0.05, 0.1) is 27.9 Å². The molecule has 1 saturated heterocycles. The summed E-state index contributed by atoms with van der Waals surface area (Å²) in [6.07, 6.45) is 2.52. The van der Waals surface area contributed by atoms with E-state index >= 15 is 0 Å². The topological polar surface area (TPSA) is 67.4 Å². The van der Waals surface area contributed by atoms with Crippen molar-refractivity contribution in [3.8, 4) is 17.2 Å². The van der Waals surface area contributed by atoms with Gasteiger partial charge in [-0.2, -0.15) is 0 Å². The summed E-state index contributed by atoms with van der Waals surface area (Å²) < 4.78 is 16.3. The van der Waals surface area contributed by atoms with E-state index in [1.165, 1.54) is 19.4 Å². The molecule has 30 heavy (non-hydrogen) atoms. The molecule has 0 amide bonds. The summed E-state index contributed by atoms with van der Waals surface area (Å²) in [4.78, 5) is 7.36. The van der Waals surface area contributed by atoms with Gasteiger partial charge in [-0.3, -0.25) is 4.90 Å². The third-order valence-electron chi connectivity index (χ3n) is 5.09. The first-order valence-electron chi connectivity index (χ1n) is 10.6. The summed E-state index contributed by atoms with van der Waals surface area (Å²) in [7, 11) is 4.86. The molecule has 0 radical (unpaired) electrons. The van der Waals surface area contributed by atoms with E-state index in [1.807, 2.05) is 12.1 Å². The van der Waals surface area contributed by atoms with Crippen molar-refractivity contribution in [2.24, 2.45) is 10.9 Å². The Labute approximate surface area is 199 Å². The van der Waals surface area contributed by atoms with Gasteiger partial charge in [0.25, 0.3) is 0 Å². The third kappa shape index (κ3) is 7.68. The van der Waals surface area contributed by atoms with E-state index in [4.69, 9.17) is 19.2 Å². The molecule has 2 rings (SSSR count). The second-order valence-corrected chi connectivity index (χ2v) is 7.79. The highest BCUT2D eigenvalue weighted by Gasteiger charge is 2.24. The van der Waals surface area contributed by atoms with Gasteiger partial charge in [0.2, 0.25) is 5.75 Å². The summed E-state index contributed by atoms with van der Waals surface area (Å²) >= 11 is 0. The van der Waals surface area contributed by atoms with Crippen LogP contribution in [0.25, 0.3) is 0 Å². The zero-order chi connectivity index (χ0) is 21.2. The number of guanidine groups is 1. The fraction of sp³-hybridized carbons (Fsp3) is 0.682. The molecular weight excluding hydrogens is 495 g/mol. The van der Waals surface area contributed by atoms with Crippen LogP contribution in [0.5, 0.6) is 17.2 Å². The van der Waals surface area contributed by atoms with Crippen molar-refractivity contribution >= 4 is 29.9 Å². The first-order chi connectivity index (χ1) is 14.0. The minimum atomic E-state index is 0. The van der Waals surface area contributed by atoms with E-state index in [0.717, 1.165) is 31.2 Å². The van der Waals surface area contributed by atoms with Crippen LogP contribution in [0.15, 0.2) is 17.1 Å². The van der Waals surface area contributed by atoms with Gasteiger partial charge in [0.1, 0.15) is 0 Å². The molecule has 1 fully saturated rings. The van der Waals surface area contributed by atoms with E-state index in [1.54, 1.807) is 21.3 Å². The van der Waals surface area contributed by atoms with E-state index < -0.39 is 0 Å². The Morgan fingerprint density at radius 1 is 1.13 bits per heavy atom. The van der Waals surface area contributed by atoms with Crippen molar-refractivity contribution in [3.63, 3.8) is 0 Å². The largest absolute Gasteiger partial charge is 0.493 e. The predicted molar refractivity (Wildman–Crippen MR) is 134 cm³/mol. The summed E-state index contributed by atoms with van der Waals surface area (Å²) in [6.45, 7) is 11.3. The average molecular weight is 534 g/mol. The van der Waals surface area contributed by atoms with Crippen LogP contribution in [-0.2, 0) is 6.54 Å². The van der Waals surface area contributed by atoms with E-state index in [2.05, 4.69) is 36.3 Å². The first-order valence-corrected chi connectivity index (χ1v) is 10.6. The molecule has 7 nitrogen and oxygen atoms in total. The van der Waals surface area contributed by atoms with Crippen molar-refractivity contribution in [2.75, 3.05) is 47.5 Å². The van der Waals surface area contributed by atoms with Gasteiger partial charge in [-0.1, -0.05) is 13.8 Å². The number of likely N-dealkylation sites (tertiary alicyclic amines) is 1. The number of hydrogen-bond acceptors (Lipinski definition) is 5. The standard InChI is InChI=1S/C22H38N4O3.HI/c1-7-23-22(25-14-18-9-8-10-26(18)15-16(2)3)24-13-17-11-19(27-4)21(29-6)20(12-17)28-5;/h11-12,16,18H,7-10,13-15H2,1-6H3,(H2,23,24,25);1H/t18-;/m1./s1. The molecule has 0 unspecified atom stereocenters. The lowest BCUT2D eigenvalue weighted by atomic mass is 10.1. The molecule has 172 valence electrons. The van der Waals surface area contributed by atoms with Gasteiger partial charge < -0.3 is 24.8 Å². The second-order valence-electron chi connectivity index (χ2n) is 7.79. The Balaban J connectivity index is 0.00000450. The number of aliphatic imine (C=N–C) groups is 1. The summed E-state index contributed by atoms with van der Waals surface area (Å²) in [5.41, 5.74) is 0.999. The van der Waals surface area contributed by atoms with Gasteiger partial charge >= 0.3 is 0 Å². The summed E-state index contributed by atoms with van der Waals surface area (Å²) in [5, 5.41) is 6.87. The van der Waals surface area contributed by atoms with Crippen LogP contribution in [-0.4, -0.2) is 64.4 Å². The molecule has 1 atom stereocenters. The van der Waals surface area contributed by atoms with Crippen LogP contribution < -0.4 is 24.8 Å². The molecule has 0 aliphatic carbocycles. The van der Waals surface area contributed by atoms with E-state index in [0.29, 0.717) is 35.8 Å². The zero-order valence-electron chi connectivity index (χ0n) is 19.3. The van der Waals surface area contributed by atoms with Crippen LogP contribution in [0.2, 0.25) is 0 Å². The smallest absolute Gasteiger partial charge is 0.203 e. The number of methoxy groups -OCH3 is 3. The van der Waals surface area contributed by atoms with Crippen molar-refractivity contribution in [3.05, 3.63) is 17.7 Å². The fourth-order valence-electron chi connectivity index (χ4n) is 3.79. The summed E-state index contributed by atoms with van der Waals surface area (Å²) in [5.74, 6) is 3.41. The Morgan fingerprint density at radius 3 is 2.33 bits per heavy atom. The minimum Gasteiger partial charge on any atom is -0.493 e. The molecule has 2 N–H and O–H groups in total. The average Bonchev–Trinajstić information content (AvgIpc) is 3.15. The maximum absolute atomic E-state index is 5.44. The lowest BCUT2D eigenvalue weighted by molar-refractivity contribution is 0.226. The predicted octanol–water partition coefficient (Wildman–Crippen LogP) is 3.51. The molecule has 0 saturated carbocycles. The molecule has 1 aliphatic rings. The molecule has 0 aromatic heterocycles. The lowest BCUT2D eigenvalue weighted by Crippen LogP contribution is -2.45. The minimum absolute atomic E-state index is 0.